The number of nitrogens with one attached hydrogen (secondary N) is 1. The van der Waals surface area contributed by atoms with Gasteiger partial charge in [0, 0.05) is 18.5 Å². The minimum Gasteiger partial charge on any atom is -0.484 e. The zero-order valence-corrected chi connectivity index (χ0v) is 18.6. The van der Waals surface area contributed by atoms with E-state index in [1.165, 1.54) is 17.2 Å². The molecule has 1 aliphatic rings. The van der Waals surface area contributed by atoms with Crippen LogP contribution in [0.5, 0.6) is 5.75 Å². The van der Waals surface area contributed by atoms with E-state index in [1.807, 2.05) is 0 Å². The Kier molecular flexibility index (Phi) is 7.49. The van der Waals surface area contributed by atoms with E-state index in [0.717, 1.165) is 43.9 Å². The van der Waals surface area contributed by atoms with E-state index in [1.54, 1.807) is 35.8 Å². The summed E-state index contributed by atoms with van der Waals surface area (Å²) in [6, 6.07) is 15.7. The molecule has 1 saturated heterocycles. The highest BCUT2D eigenvalue weighted by Gasteiger charge is 2.25. The third-order valence-corrected chi connectivity index (χ3v) is 5.87. The first-order valence-electron chi connectivity index (χ1n) is 11.0. The van der Waals surface area contributed by atoms with Crippen LogP contribution in [0.25, 0.3) is 6.08 Å². The topological polar surface area (TPSA) is 101 Å². The van der Waals surface area contributed by atoms with Gasteiger partial charge in [0.05, 0.1) is 0 Å². The quantitative estimate of drug-likeness (QED) is 0.307. The number of piperidine rings is 1. The molecule has 1 aromatic heterocycles. The average molecular weight is 449 g/mol. The number of hydroxylamine groups is 1. The molecule has 0 spiro atoms. The third kappa shape index (κ3) is 6.27. The molecule has 1 aliphatic heterocycles. The Morgan fingerprint density at radius 3 is 2.70 bits per heavy atom. The van der Waals surface area contributed by atoms with Gasteiger partial charge in [-0.15, -0.1) is 0 Å². The van der Waals surface area contributed by atoms with Gasteiger partial charge in [-0.3, -0.25) is 14.9 Å². The number of aromatic nitrogens is 2. The minimum absolute atomic E-state index is 0.196. The number of hydrogen-bond acceptors (Lipinski definition) is 7. The normalized spacial score (nSPS) is 15.1. The monoisotopic (exact) mass is 448 g/mol. The van der Waals surface area contributed by atoms with Crippen molar-refractivity contribution in [1.29, 1.82) is 0 Å². The van der Waals surface area contributed by atoms with Crippen molar-refractivity contribution in [3.63, 3.8) is 0 Å². The van der Waals surface area contributed by atoms with Gasteiger partial charge in [-0.2, -0.15) is 4.98 Å². The van der Waals surface area contributed by atoms with Crippen molar-refractivity contribution in [2.24, 2.45) is 0 Å². The number of amides is 1. The first-order chi connectivity index (χ1) is 16.1. The molecule has 4 rings (SSSR count). The summed E-state index contributed by atoms with van der Waals surface area (Å²) in [5, 5.41) is 12.7. The van der Waals surface area contributed by atoms with Crippen LogP contribution in [-0.4, -0.2) is 39.2 Å². The first-order valence-corrected chi connectivity index (χ1v) is 11.0. The third-order valence-electron chi connectivity index (χ3n) is 5.87. The number of likely N-dealkylation sites (tertiary alicyclic amines) is 1. The summed E-state index contributed by atoms with van der Waals surface area (Å²) in [4.78, 5) is 18.1. The summed E-state index contributed by atoms with van der Waals surface area (Å²) < 4.78 is 11.1. The van der Waals surface area contributed by atoms with Crippen molar-refractivity contribution in [3.05, 3.63) is 83.0 Å². The molecule has 1 fully saturated rings. The van der Waals surface area contributed by atoms with Gasteiger partial charge in [0.15, 0.2) is 12.4 Å². The molecular formula is C25H28N4O4. The van der Waals surface area contributed by atoms with E-state index in [0.29, 0.717) is 17.6 Å². The summed E-state index contributed by atoms with van der Waals surface area (Å²) in [6.45, 7) is 5.37. The lowest BCUT2D eigenvalue weighted by Crippen LogP contribution is -2.33. The Morgan fingerprint density at radius 1 is 1.21 bits per heavy atom. The second-order valence-corrected chi connectivity index (χ2v) is 8.19. The Hall–Kier alpha value is -3.49. The number of rotatable bonds is 8. The highest BCUT2D eigenvalue weighted by atomic mass is 16.5. The molecule has 33 heavy (non-hydrogen) atoms. The largest absolute Gasteiger partial charge is 0.484 e. The van der Waals surface area contributed by atoms with Crippen LogP contribution in [0.2, 0.25) is 0 Å². The van der Waals surface area contributed by atoms with E-state index in [4.69, 9.17) is 14.5 Å². The molecule has 0 bridgehead atoms. The fraction of sp³-hybridized carbons (Fsp3) is 0.320. The number of aryl methyl sites for hydroxylation is 1. The number of nitrogens with zero attached hydrogens (tertiary/aromatic N) is 3. The Morgan fingerprint density at radius 2 is 1.97 bits per heavy atom. The first kappa shape index (κ1) is 22.7. The zero-order chi connectivity index (χ0) is 23.0. The van der Waals surface area contributed by atoms with Crippen molar-refractivity contribution in [2.45, 2.75) is 38.8 Å². The predicted octanol–water partition coefficient (Wildman–Crippen LogP) is 3.86. The van der Waals surface area contributed by atoms with Gasteiger partial charge in [0.1, 0.15) is 5.75 Å². The van der Waals surface area contributed by atoms with E-state index >= 15 is 0 Å². The number of carbonyl (C=O) groups is 1. The van der Waals surface area contributed by atoms with E-state index in [2.05, 4.69) is 46.2 Å². The average Bonchev–Trinajstić information content (AvgIpc) is 3.33. The summed E-state index contributed by atoms with van der Waals surface area (Å²) >= 11 is 0. The maximum Gasteiger partial charge on any atom is 0.267 e. The molecule has 0 radical (unpaired) electrons. The van der Waals surface area contributed by atoms with Crippen molar-refractivity contribution in [1.82, 2.24) is 20.5 Å². The summed E-state index contributed by atoms with van der Waals surface area (Å²) in [5.41, 5.74) is 5.07. The van der Waals surface area contributed by atoms with Gasteiger partial charge >= 0.3 is 0 Å². The maximum atomic E-state index is 11.0. The SMILES string of the molecule is Cc1ccccc1CN1CCC(c2noc(COc3ccc(C=CC(=O)NO)cc3)n2)CC1. The molecule has 0 unspecified atom stereocenters. The lowest BCUT2D eigenvalue weighted by Gasteiger charge is -2.30. The summed E-state index contributed by atoms with van der Waals surface area (Å²) in [6.07, 6.45) is 4.85. The molecule has 1 amide bonds. The molecule has 0 atom stereocenters. The van der Waals surface area contributed by atoms with Crippen LogP contribution in [0.4, 0.5) is 0 Å². The Balaban J connectivity index is 1.24. The van der Waals surface area contributed by atoms with Crippen molar-refractivity contribution in [2.75, 3.05) is 13.1 Å². The van der Waals surface area contributed by atoms with Crippen LogP contribution in [0, 0.1) is 6.92 Å². The second-order valence-electron chi connectivity index (χ2n) is 8.19. The smallest absolute Gasteiger partial charge is 0.267 e. The van der Waals surface area contributed by atoms with Crippen LogP contribution in [0.1, 0.15) is 47.2 Å². The molecule has 8 nitrogen and oxygen atoms in total. The summed E-state index contributed by atoms with van der Waals surface area (Å²) in [7, 11) is 0. The van der Waals surface area contributed by atoms with E-state index < -0.39 is 5.91 Å². The molecule has 2 N–H and O–H groups in total. The van der Waals surface area contributed by atoms with Crippen LogP contribution in [0.15, 0.2) is 59.1 Å². The second kappa shape index (κ2) is 10.9. The van der Waals surface area contributed by atoms with Crippen LogP contribution in [-0.2, 0) is 17.9 Å². The van der Waals surface area contributed by atoms with Gasteiger partial charge in [0.25, 0.3) is 11.8 Å². The van der Waals surface area contributed by atoms with Crippen LogP contribution in [0.3, 0.4) is 0 Å². The molecule has 0 aliphatic carbocycles. The molecule has 2 aromatic carbocycles. The predicted molar refractivity (Wildman–Crippen MR) is 122 cm³/mol. The lowest BCUT2D eigenvalue weighted by atomic mass is 9.95. The van der Waals surface area contributed by atoms with Crippen LogP contribution >= 0.6 is 0 Å². The fourth-order valence-electron chi connectivity index (χ4n) is 3.90. The fourth-order valence-corrected chi connectivity index (χ4v) is 3.90. The van der Waals surface area contributed by atoms with Crippen LogP contribution < -0.4 is 10.2 Å². The van der Waals surface area contributed by atoms with E-state index in [-0.39, 0.29) is 6.61 Å². The van der Waals surface area contributed by atoms with E-state index in [9.17, 15) is 4.79 Å². The zero-order valence-electron chi connectivity index (χ0n) is 18.6. The molecule has 172 valence electrons. The van der Waals surface area contributed by atoms with Crippen molar-refractivity contribution < 1.29 is 19.3 Å². The molecule has 2 heterocycles. The van der Waals surface area contributed by atoms with Gasteiger partial charge < -0.3 is 9.26 Å². The van der Waals surface area contributed by atoms with Crippen molar-refractivity contribution >= 4 is 12.0 Å². The van der Waals surface area contributed by atoms with Gasteiger partial charge in [-0.1, -0.05) is 41.6 Å². The molecule has 3 aromatic rings. The van der Waals surface area contributed by atoms with Gasteiger partial charge in [-0.05, 0) is 67.8 Å². The number of carbonyl (C=O) groups excluding carboxylic acids is 1. The maximum absolute atomic E-state index is 11.0. The minimum atomic E-state index is -0.584. The number of hydrogen-bond donors (Lipinski definition) is 2. The lowest BCUT2D eigenvalue weighted by molar-refractivity contribution is -0.124. The Labute approximate surface area is 192 Å². The molecular weight excluding hydrogens is 420 g/mol. The van der Waals surface area contributed by atoms with Gasteiger partial charge in [0.2, 0.25) is 0 Å². The highest BCUT2D eigenvalue weighted by molar-refractivity contribution is 5.90. The summed E-state index contributed by atoms with van der Waals surface area (Å²) in [5.74, 6) is 1.59. The Bertz CT molecular complexity index is 1090. The molecule has 0 saturated carbocycles. The van der Waals surface area contributed by atoms with Gasteiger partial charge in [-0.25, -0.2) is 5.48 Å². The molecule has 8 heteroatoms. The highest BCUT2D eigenvalue weighted by Crippen LogP contribution is 2.27. The number of benzene rings is 2. The van der Waals surface area contributed by atoms with Crippen molar-refractivity contribution in [3.8, 4) is 5.75 Å². The standard InChI is InChI=1S/C25H28N4O4/c1-18-4-2-3-5-21(18)16-29-14-12-20(13-15-29)25-26-24(33-28-25)17-32-22-9-6-19(7-10-22)8-11-23(30)27-31/h2-11,20,31H,12-17H2,1H3,(H,27,30). The number of ether oxygens (including phenoxy) is 1.